The van der Waals surface area contributed by atoms with Crippen LogP contribution in [0.1, 0.15) is 25.7 Å². The van der Waals surface area contributed by atoms with Crippen molar-refractivity contribution < 1.29 is 29.3 Å². The topological polar surface area (TPSA) is 93.1 Å². The number of rotatable bonds is 9. The first kappa shape index (κ1) is 16.3. The number of aliphatic hydroxyl groups is 2. The van der Waals surface area contributed by atoms with Crippen molar-refractivity contribution in [3.8, 4) is 0 Å². The first-order valence-corrected chi connectivity index (χ1v) is 5.51. The van der Waals surface area contributed by atoms with Gasteiger partial charge in [0.25, 0.3) is 0 Å². The van der Waals surface area contributed by atoms with E-state index in [-0.39, 0.29) is 13.0 Å². The number of carbonyl (C=O) groups is 2. The zero-order valence-corrected chi connectivity index (χ0v) is 10.1. The summed E-state index contributed by atoms with van der Waals surface area (Å²) in [6.07, 6.45) is 3.15. The summed E-state index contributed by atoms with van der Waals surface area (Å²) in [6.45, 7) is 6.37. The second-order valence-corrected chi connectivity index (χ2v) is 3.50. The van der Waals surface area contributed by atoms with Gasteiger partial charge in [0.2, 0.25) is 0 Å². The van der Waals surface area contributed by atoms with E-state index in [4.69, 9.17) is 5.11 Å². The van der Waals surface area contributed by atoms with Gasteiger partial charge < -0.3 is 19.7 Å². The van der Waals surface area contributed by atoms with Crippen molar-refractivity contribution in [1.82, 2.24) is 0 Å². The number of hydrogen-bond donors (Lipinski definition) is 2. The molecule has 0 aliphatic carbocycles. The second-order valence-electron chi connectivity index (χ2n) is 3.50. The molecule has 0 saturated heterocycles. The summed E-state index contributed by atoms with van der Waals surface area (Å²) in [6, 6.07) is 0. The smallest absolute Gasteiger partial charge is 0.373 e. The molecule has 0 aromatic carbocycles. The van der Waals surface area contributed by atoms with E-state index in [1.807, 2.05) is 0 Å². The predicted molar refractivity (Wildman–Crippen MR) is 63.1 cm³/mol. The van der Waals surface area contributed by atoms with E-state index in [0.717, 1.165) is 12.2 Å². The standard InChI is InChI=1S/C12H18O6/c1-3-10(14)17-12(16,18-11(15)4-2)8-6-5-7-9-13/h3-4,13,16H,1-2,5-9H2. The SMILES string of the molecule is C=CC(=O)OC(O)(CCCCCO)OC(=O)C=C. The number of ether oxygens (including phenoxy) is 2. The highest BCUT2D eigenvalue weighted by Crippen LogP contribution is 2.19. The lowest BCUT2D eigenvalue weighted by molar-refractivity contribution is -0.324. The van der Waals surface area contributed by atoms with Crippen LogP contribution >= 0.6 is 0 Å². The summed E-state index contributed by atoms with van der Waals surface area (Å²) in [5, 5.41) is 18.5. The number of hydrogen-bond acceptors (Lipinski definition) is 6. The van der Waals surface area contributed by atoms with Crippen LogP contribution < -0.4 is 0 Å². The fourth-order valence-electron chi connectivity index (χ4n) is 1.16. The van der Waals surface area contributed by atoms with E-state index in [1.54, 1.807) is 0 Å². The molecule has 6 heteroatoms. The summed E-state index contributed by atoms with van der Waals surface area (Å²) in [5.74, 6) is -4.14. The lowest BCUT2D eigenvalue weighted by Crippen LogP contribution is -2.39. The molecule has 0 bridgehead atoms. The van der Waals surface area contributed by atoms with Gasteiger partial charge in [-0.15, -0.1) is 0 Å². The summed E-state index contributed by atoms with van der Waals surface area (Å²) in [5.41, 5.74) is 0. The van der Waals surface area contributed by atoms with Gasteiger partial charge in [-0.05, 0) is 12.8 Å². The quantitative estimate of drug-likeness (QED) is 0.273. The Hall–Kier alpha value is -1.66. The third kappa shape index (κ3) is 6.82. The highest BCUT2D eigenvalue weighted by molar-refractivity contribution is 5.83. The number of esters is 2. The Kier molecular flexibility index (Phi) is 7.66. The highest BCUT2D eigenvalue weighted by atomic mass is 16.8. The van der Waals surface area contributed by atoms with E-state index >= 15 is 0 Å². The van der Waals surface area contributed by atoms with Gasteiger partial charge in [0.15, 0.2) is 0 Å². The van der Waals surface area contributed by atoms with Gasteiger partial charge in [-0.25, -0.2) is 9.59 Å². The molecular formula is C12H18O6. The first-order valence-electron chi connectivity index (χ1n) is 5.51. The molecule has 6 nitrogen and oxygen atoms in total. The monoisotopic (exact) mass is 258 g/mol. The van der Waals surface area contributed by atoms with Crippen LogP contribution in [-0.4, -0.2) is 34.7 Å². The molecule has 0 aromatic rings. The average molecular weight is 258 g/mol. The van der Waals surface area contributed by atoms with Crippen LogP contribution in [0.5, 0.6) is 0 Å². The van der Waals surface area contributed by atoms with Crippen molar-refractivity contribution in [2.24, 2.45) is 0 Å². The van der Waals surface area contributed by atoms with Crippen molar-refractivity contribution in [3.63, 3.8) is 0 Å². The van der Waals surface area contributed by atoms with Gasteiger partial charge in [0, 0.05) is 18.8 Å². The van der Waals surface area contributed by atoms with Crippen LogP contribution in [0.3, 0.4) is 0 Å². The van der Waals surface area contributed by atoms with Crippen LogP contribution in [-0.2, 0) is 19.1 Å². The molecule has 0 atom stereocenters. The zero-order chi connectivity index (χ0) is 14.0. The predicted octanol–water partition coefficient (Wildman–Crippen LogP) is 0.644. The molecular weight excluding hydrogens is 240 g/mol. The molecule has 0 unspecified atom stereocenters. The molecule has 0 fully saturated rings. The van der Waals surface area contributed by atoms with Crippen LogP contribution in [0.4, 0.5) is 0 Å². The Morgan fingerprint density at radius 2 is 1.56 bits per heavy atom. The van der Waals surface area contributed by atoms with Gasteiger partial charge in [0.05, 0.1) is 6.42 Å². The molecule has 102 valence electrons. The van der Waals surface area contributed by atoms with Crippen LogP contribution in [0.15, 0.2) is 25.3 Å². The van der Waals surface area contributed by atoms with Crippen LogP contribution in [0.25, 0.3) is 0 Å². The summed E-state index contributed by atoms with van der Waals surface area (Å²) < 4.78 is 9.17. The summed E-state index contributed by atoms with van der Waals surface area (Å²) in [4.78, 5) is 22.1. The minimum atomic E-state index is -2.33. The Morgan fingerprint density at radius 3 is 1.94 bits per heavy atom. The number of unbranched alkanes of at least 4 members (excludes halogenated alkanes) is 2. The molecule has 0 aliphatic rings. The normalized spacial score (nSPS) is 10.6. The largest absolute Gasteiger partial charge is 0.396 e. The molecule has 0 aliphatic heterocycles. The lowest BCUT2D eigenvalue weighted by Gasteiger charge is -2.25. The molecule has 0 radical (unpaired) electrons. The van der Waals surface area contributed by atoms with Gasteiger partial charge in [-0.3, -0.25) is 0 Å². The first-order chi connectivity index (χ1) is 8.47. The molecule has 0 rings (SSSR count). The Balaban J connectivity index is 4.47. The van der Waals surface area contributed by atoms with Crippen molar-refractivity contribution in [3.05, 3.63) is 25.3 Å². The maximum absolute atomic E-state index is 11.0. The Labute approximate surface area is 106 Å². The van der Waals surface area contributed by atoms with Crippen molar-refractivity contribution in [2.45, 2.75) is 31.7 Å². The van der Waals surface area contributed by atoms with Gasteiger partial charge >= 0.3 is 17.9 Å². The van der Waals surface area contributed by atoms with Gasteiger partial charge in [0.1, 0.15) is 0 Å². The second kappa shape index (κ2) is 8.43. The van der Waals surface area contributed by atoms with Crippen LogP contribution in [0.2, 0.25) is 0 Å². The number of aliphatic hydroxyl groups excluding tert-OH is 1. The van der Waals surface area contributed by atoms with E-state index in [1.165, 1.54) is 0 Å². The van der Waals surface area contributed by atoms with E-state index in [2.05, 4.69) is 22.6 Å². The maximum atomic E-state index is 11.0. The van der Waals surface area contributed by atoms with E-state index in [9.17, 15) is 14.7 Å². The molecule has 2 N–H and O–H groups in total. The van der Waals surface area contributed by atoms with Gasteiger partial charge in [-0.2, -0.15) is 0 Å². The Bertz CT molecular complexity index is 288. The molecule has 0 aromatic heterocycles. The third-order valence-corrected chi connectivity index (χ3v) is 2.00. The third-order valence-electron chi connectivity index (χ3n) is 2.00. The number of carbonyl (C=O) groups excluding carboxylic acids is 2. The molecule has 0 spiro atoms. The van der Waals surface area contributed by atoms with Crippen LogP contribution in [0, 0.1) is 0 Å². The summed E-state index contributed by atoms with van der Waals surface area (Å²) in [7, 11) is 0. The van der Waals surface area contributed by atoms with Gasteiger partial charge in [-0.1, -0.05) is 19.6 Å². The van der Waals surface area contributed by atoms with Crippen molar-refractivity contribution in [2.75, 3.05) is 6.61 Å². The molecule has 0 saturated carbocycles. The molecule has 0 heterocycles. The summed E-state index contributed by atoms with van der Waals surface area (Å²) >= 11 is 0. The van der Waals surface area contributed by atoms with E-state index < -0.39 is 17.9 Å². The highest BCUT2D eigenvalue weighted by Gasteiger charge is 2.34. The average Bonchev–Trinajstić information content (AvgIpc) is 2.34. The lowest BCUT2D eigenvalue weighted by atomic mass is 10.2. The fraction of sp³-hybridized carbons (Fsp3) is 0.500. The van der Waals surface area contributed by atoms with Crippen molar-refractivity contribution in [1.29, 1.82) is 0 Å². The van der Waals surface area contributed by atoms with Crippen molar-refractivity contribution >= 4 is 11.9 Å². The fourth-order valence-corrected chi connectivity index (χ4v) is 1.16. The van der Waals surface area contributed by atoms with E-state index in [0.29, 0.717) is 19.3 Å². The maximum Gasteiger partial charge on any atom is 0.373 e. The molecule has 0 amide bonds. The minimum absolute atomic E-state index is 0.0251. The zero-order valence-electron chi connectivity index (χ0n) is 10.1. The Morgan fingerprint density at radius 1 is 1.06 bits per heavy atom. The molecule has 18 heavy (non-hydrogen) atoms. The minimum Gasteiger partial charge on any atom is -0.396 e.